The Balaban J connectivity index is 1.98. The fraction of sp³-hybridized carbons (Fsp3) is 0.667. The molecule has 0 bridgehead atoms. The second kappa shape index (κ2) is 8.40. The molecular weight excluding hydrogens is 260 g/mol. The van der Waals surface area contributed by atoms with Crippen molar-refractivity contribution in [3.63, 3.8) is 0 Å². The Morgan fingerprint density at radius 3 is 2.43 bits per heavy atom. The molecule has 2 rings (SSSR count). The van der Waals surface area contributed by atoms with E-state index in [1.54, 1.807) is 0 Å². The average Bonchev–Trinajstić information content (AvgIpc) is 3.31. The van der Waals surface area contributed by atoms with Crippen LogP contribution in [0.3, 0.4) is 0 Å². The summed E-state index contributed by atoms with van der Waals surface area (Å²) in [5, 5.41) is 3.63. The van der Waals surface area contributed by atoms with Gasteiger partial charge in [-0.2, -0.15) is 0 Å². The van der Waals surface area contributed by atoms with Gasteiger partial charge < -0.3 is 15.0 Å². The monoisotopic (exact) mass is 290 g/mol. The minimum atomic E-state index is 0.407. The predicted octanol–water partition coefficient (Wildman–Crippen LogP) is 3.47. The van der Waals surface area contributed by atoms with Crippen LogP contribution in [0.4, 0.5) is 0 Å². The number of nitrogens with zero attached hydrogens (tertiary/aromatic N) is 1. The molecule has 21 heavy (non-hydrogen) atoms. The van der Waals surface area contributed by atoms with E-state index in [1.807, 2.05) is 6.92 Å². The second-order valence-corrected chi connectivity index (χ2v) is 5.91. The third-order valence-corrected chi connectivity index (χ3v) is 4.15. The Hall–Kier alpha value is -1.06. The van der Waals surface area contributed by atoms with Crippen LogP contribution in [0.15, 0.2) is 24.3 Å². The summed E-state index contributed by atoms with van der Waals surface area (Å²) < 4.78 is 5.53. The molecule has 1 atom stereocenters. The zero-order chi connectivity index (χ0) is 15.1. The number of likely N-dealkylation sites (N-methyl/N-ethyl adjacent to an activating group) is 2. The summed E-state index contributed by atoms with van der Waals surface area (Å²) in [5.74, 6) is 1.91. The lowest BCUT2D eigenvalue weighted by molar-refractivity contribution is 0.245. The molecule has 3 nitrogen and oxygen atoms in total. The number of benzene rings is 1. The highest BCUT2D eigenvalue weighted by atomic mass is 16.5. The average molecular weight is 290 g/mol. The Labute approximate surface area is 129 Å². The van der Waals surface area contributed by atoms with Gasteiger partial charge in [0.1, 0.15) is 5.75 Å². The largest absolute Gasteiger partial charge is 0.494 e. The van der Waals surface area contributed by atoms with E-state index in [9.17, 15) is 0 Å². The first kappa shape index (κ1) is 16.3. The van der Waals surface area contributed by atoms with Crippen LogP contribution < -0.4 is 10.1 Å². The lowest BCUT2D eigenvalue weighted by atomic mass is 10.1. The minimum Gasteiger partial charge on any atom is -0.494 e. The smallest absolute Gasteiger partial charge is 0.119 e. The van der Waals surface area contributed by atoms with Crippen molar-refractivity contribution in [1.29, 1.82) is 0 Å². The lowest BCUT2D eigenvalue weighted by Crippen LogP contribution is -2.36. The van der Waals surface area contributed by atoms with Gasteiger partial charge in [0.05, 0.1) is 6.61 Å². The highest BCUT2D eigenvalue weighted by Crippen LogP contribution is 2.30. The van der Waals surface area contributed by atoms with Crippen LogP contribution in [0.25, 0.3) is 0 Å². The van der Waals surface area contributed by atoms with Crippen LogP contribution >= 0.6 is 0 Å². The summed E-state index contributed by atoms with van der Waals surface area (Å²) in [6.45, 7) is 11.7. The maximum Gasteiger partial charge on any atom is 0.119 e. The lowest BCUT2D eigenvalue weighted by Gasteiger charge is -2.27. The van der Waals surface area contributed by atoms with Gasteiger partial charge in [0.25, 0.3) is 0 Å². The Morgan fingerprint density at radius 2 is 1.90 bits per heavy atom. The number of ether oxygens (including phenoxy) is 1. The van der Waals surface area contributed by atoms with Crippen LogP contribution in [0.2, 0.25) is 0 Å². The summed E-state index contributed by atoms with van der Waals surface area (Å²) in [6.07, 6.45) is 2.84. The van der Waals surface area contributed by atoms with Gasteiger partial charge >= 0.3 is 0 Å². The first-order chi connectivity index (χ1) is 10.3. The van der Waals surface area contributed by atoms with Crippen molar-refractivity contribution in [2.24, 2.45) is 5.92 Å². The molecule has 0 amide bonds. The molecular formula is C18H30N2O. The molecule has 1 aromatic carbocycles. The van der Waals surface area contributed by atoms with Gasteiger partial charge in [-0.3, -0.25) is 0 Å². The van der Waals surface area contributed by atoms with Gasteiger partial charge in [-0.1, -0.05) is 26.0 Å². The molecule has 0 aromatic heterocycles. The highest BCUT2D eigenvalue weighted by Gasteiger charge is 2.25. The van der Waals surface area contributed by atoms with E-state index >= 15 is 0 Å². The summed E-state index contributed by atoms with van der Waals surface area (Å²) in [5.41, 5.74) is 1.36. The zero-order valence-electron chi connectivity index (χ0n) is 13.8. The van der Waals surface area contributed by atoms with E-state index < -0.39 is 0 Å². The molecule has 1 unspecified atom stereocenters. The SMILES string of the molecule is CCNC(CN(CC)CC1CC1)c1ccc(OCC)cc1. The van der Waals surface area contributed by atoms with Gasteiger partial charge in [0.15, 0.2) is 0 Å². The summed E-state index contributed by atoms with van der Waals surface area (Å²) >= 11 is 0. The minimum absolute atomic E-state index is 0.407. The summed E-state index contributed by atoms with van der Waals surface area (Å²) in [7, 11) is 0. The molecule has 1 fully saturated rings. The van der Waals surface area contributed by atoms with E-state index in [0.29, 0.717) is 6.04 Å². The zero-order valence-corrected chi connectivity index (χ0v) is 13.8. The van der Waals surface area contributed by atoms with E-state index in [1.165, 1.54) is 24.9 Å². The molecule has 0 heterocycles. The van der Waals surface area contributed by atoms with Gasteiger partial charge in [0, 0.05) is 19.1 Å². The molecule has 1 aliphatic carbocycles. The van der Waals surface area contributed by atoms with Crippen LogP contribution in [-0.2, 0) is 0 Å². The first-order valence-electron chi connectivity index (χ1n) is 8.45. The standard InChI is InChI=1S/C18H30N2O/c1-4-19-18(14-20(5-2)13-15-7-8-15)16-9-11-17(12-10-16)21-6-3/h9-12,15,18-19H,4-8,13-14H2,1-3H3. The van der Waals surface area contributed by atoms with Gasteiger partial charge in [0.2, 0.25) is 0 Å². The number of nitrogens with one attached hydrogen (secondary N) is 1. The molecule has 1 aliphatic rings. The van der Waals surface area contributed by atoms with E-state index in [-0.39, 0.29) is 0 Å². The quantitative estimate of drug-likeness (QED) is 0.714. The third kappa shape index (κ3) is 5.33. The number of hydrogen-bond acceptors (Lipinski definition) is 3. The van der Waals surface area contributed by atoms with Gasteiger partial charge in [-0.25, -0.2) is 0 Å². The second-order valence-electron chi connectivity index (χ2n) is 5.91. The van der Waals surface area contributed by atoms with Gasteiger partial charge in [-0.15, -0.1) is 0 Å². The highest BCUT2D eigenvalue weighted by molar-refractivity contribution is 5.29. The van der Waals surface area contributed by atoms with Crippen molar-refractivity contribution in [3.8, 4) is 5.75 Å². The van der Waals surface area contributed by atoms with Gasteiger partial charge in [-0.05, 0) is 56.5 Å². The van der Waals surface area contributed by atoms with Crippen molar-refractivity contribution in [2.45, 2.75) is 39.7 Å². The molecule has 0 aliphatic heterocycles. The molecule has 1 N–H and O–H groups in total. The fourth-order valence-electron chi connectivity index (χ4n) is 2.75. The summed E-state index contributed by atoms with van der Waals surface area (Å²) in [6, 6.07) is 8.97. The maximum absolute atomic E-state index is 5.53. The van der Waals surface area contributed by atoms with Crippen molar-refractivity contribution < 1.29 is 4.74 Å². The van der Waals surface area contributed by atoms with E-state index in [4.69, 9.17) is 4.74 Å². The molecule has 118 valence electrons. The number of rotatable bonds is 10. The molecule has 1 aromatic rings. The van der Waals surface area contributed by atoms with Crippen LogP contribution in [0.5, 0.6) is 5.75 Å². The third-order valence-electron chi connectivity index (χ3n) is 4.15. The molecule has 3 heteroatoms. The van der Waals surface area contributed by atoms with Crippen LogP contribution in [-0.4, -0.2) is 37.7 Å². The Bertz CT molecular complexity index is 400. The van der Waals surface area contributed by atoms with E-state index in [0.717, 1.165) is 37.9 Å². The van der Waals surface area contributed by atoms with E-state index in [2.05, 4.69) is 48.3 Å². The van der Waals surface area contributed by atoms with Crippen molar-refractivity contribution in [3.05, 3.63) is 29.8 Å². The Morgan fingerprint density at radius 1 is 1.19 bits per heavy atom. The first-order valence-corrected chi connectivity index (χ1v) is 8.45. The Kier molecular flexibility index (Phi) is 6.52. The molecule has 0 saturated heterocycles. The van der Waals surface area contributed by atoms with Crippen molar-refractivity contribution >= 4 is 0 Å². The molecule has 0 radical (unpaired) electrons. The summed E-state index contributed by atoms with van der Waals surface area (Å²) in [4.78, 5) is 2.58. The molecule has 0 spiro atoms. The van der Waals surface area contributed by atoms with Crippen LogP contribution in [0.1, 0.15) is 45.2 Å². The van der Waals surface area contributed by atoms with Crippen molar-refractivity contribution in [2.75, 3.05) is 32.8 Å². The van der Waals surface area contributed by atoms with Crippen molar-refractivity contribution in [1.82, 2.24) is 10.2 Å². The topological polar surface area (TPSA) is 24.5 Å². The van der Waals surface area contributed by atoms with Crippen LogP contribution in [0, 0.1) is 5.92 Å². The normalized spacial score (nSPS) is 16.2. The maximum atomic E-state index is 5.53. The molecule has 1 saturated carbocycles. The fourth-order valence-corrected chi connectivity index (χ4v) is 2.75. The predicted molar refractivity (Wildman–Crippen MR) is 88.9 cm³/mol. The number of hydrogen-bond donors (Lipinski definition) is 1.